The SMILES string of the molecule is COC(=O)c1ccc(-c2ccc(C)cc2)cc1NC(=O)c1ccccc1. The first-order valence-electron chi connectivity index (χ1n) is 8.24. The second-order valence-corrected chi connectivity index (χ2v) is 5.94. The molecule has 0 atom stereocenters. The molecule has 0 bridgehead atoms. The van der Waals surface area contributed by atoms with E-state index in [1.807, 2.05) is 43.3 Å². The monoisotopic (exact) mass is 345 g/mol. The maximum absolute atomic E-state index is 12.5. The van der Waals surface area contributed by atoms with Crippen molar-refractivity contribution in [3.63, 3.8) is 0 Å². The van der Waals surface area contributed by atoms with Crippen molar-refractivity contribution in [1.29, 1.82) is 0 Å². The van der Waals surface area contributed by atoms with Crippen LogP contribution in [-0.2, 0) is 4.74 Å². The molecular formula is C22H19NO3. The lowest BCUT2D eigenvalue weighted by molar-refractivity contribution is 0.0602. The molecule has 26 heavy (non-hydrogen) atoms. The maximum atomic E-state index is 12.5. The summed E-state index contributed by atoms with van der Waals surface area (Å²) in [7, 11) is 1.32. The van der Waals surface area contributed by atoms with Gasteiger partial charge in [-0.15, -0.1) is 0 Å². The van der Waals surface area contributed by atoms with Crippen molar-refractivity contribution in [2.75, 3.05) is 12.4 Å². The minimum Gasteiger partial charge on any atom is -0.465 e. The average molecular weight is 345 g/mol. The highest BCUT2D eigenvalue weighted by molar-refractivity contribution is 6.08. The number of carbonyl (C=O) groups excluding carboxylic acids is 2. The van der Waals surface area contributed by atoms with Gasteiger partial charge in [-0.1, -0.05) is 54.1 Å². The summed E-state index contributed by atoms with van der Waals surface area (Å²) in [6.07, 6.45) is 0. The highest BCUT2D eigenvalue weighted by Gasteiger charge is 2.16. The molecule has 0 heterocycles. The first kappa shape index (κ1) is 17.4. The smallest absolute Gasteiger partial charge is 0.339 e. The standard InChI is InChI=1S/C22H19NO3/c1-15-8-10-16(11-9-15)18-12-13-19(22(25)26-2)20(14-18)23-21(24)17-6-4-3-5-7-17/h3-14H,1-2H3,(H,23,24). The van der Waals surface area contributed by atoms with Gasteiger partial charge in [0.25, 0.3) is 5.91 Å². The molecule has 3 aromatic rings. The van der Waals surface area contributed by atoms with Gasteiger partial charge in [0.05, 0.1) is 18.4 Å². The van der Waals surface area contributed by atoms with Gasteiger partial charge in [0.1, 0.15) is 0 Å². The third-order valence-electron chi connectivity index (χ3n) is 4.09. The summed E-state index contributed by atoms with van der Waals surface area (Å²) in [5, 5.41) is 2.82. The van der Waals surface area contributed by atoms with Gasteiger partial charge in [-0.25, -0.2) is 4.79 Å². The van der Waals surface area contributed by atoms with Crippen LogP contribution in [-0.4, -0.2) is 19.0 Å². The molecule has 0 spiro atoms. The van der Waals surface area contributed by atoms with Gasteiger partial charge in [0.2, 0.25) is 0 Å². The van der Waals surface area contributed by atoms with Crippen LogP contribution in [0.25, 0.3) is 11.1 Å². The number of hydrogen-bond acceptors (Lipinski definition) is 3. The van der Waals surface area contributed by atoms with Crippen LogP contribution < -0.4 is 5.32 Å². The van der Waals surface area contributed by atoms with E-state index >= 15 is 0 Å². The van der Waals surface area contributed by atoms with Gasteiger partial charge in [-0.3, -0.25) is 4.79 Å². The molecule has 0 aliphatic heterocycles. The number of ether oxygens (including phenoxy) is 1. The second kappa shape index (κ2) is 7.66. The minimum atomic E-state index is -0.496. The molecule has 130 valence electrons. The molecule has 0 radical (unpaired) electrons. The molecule has 0 aromatic heterocycles. The molecule has 0 saturated carbocycles. The average Bonchev–Trinajstić information content (AvgIpc) is 2.68. The zero-order valence-corrected chi connectivity index (χ0v) is 14.7. The Morgan fingerprint density at radius 3 is 2.15 bits per heavy atom. The number of rotatable bonds is 4. The number of methoxy groups -OCH3 is 1. The van der Waals surface area contributed by atoms with E-state index in [-0.39, 0.29) is 5.91 Å². The molecule has 0 saturated heterocycles. The van der Waals surface area contributed by atoms with E-state index in [0.29, 0.717) is 16.8 Å². The summed E-state index contributed by atoms with van der Waals surface area (Å²) in [4.78, 5) is 24.6. The van der Waals surface area contributed by atoms with Crippen LogP contribution in [0.15, 0.2) is 72.8 Å². The number of aryl methyl sites for hydroxylation is 1. The number of carbonyl (C=O) groups is 2. The van der Waals surface area contributed by atoms with E-state index in [4.69, 9.17) is 4.74 Å². The van der Waals surface area contributed by atoms with Gasteiger partial charge < -0.3 is 10.1 Å². The predicted octanol–water partition coefficient (Wildman–Crippen LogP) is 4.70. The fourth-order valence-corrected chi connectivity index (χ4v) is 2.65. The summed E-state index contributed by atoms with van der Waals surface area (Å²) in [6.45, 7) is 2.02. The number of esters is 1. The fraction of sp³-hybridized carbons (Fsp3) is 0.0909. The number of amides is 1. The number of hydrogen-bond donors (Lipinski definition) is 1. The van der Waals surface area contributed by atoms with Crippen LogP contribution >= 0.6 is 0 Å². The zero-order chi connectivity index (χ0) is 18.5. The molecule has 4 nitrogen and oxygen atoms in total. The lowest BCUT2D eigenvalue weighted by atomic mass is 10.0. The third-order valence-corrected chi connectivity index (χ3v) is 4.09. The Bertz CT molecular complexity index is 931. The Morgan fingerprint density at radius 1 is 0.846 bits per heavy atom. The van der Waals surface area contributed by atoms with E-state index in [1.54, 1.807) is 36.4 Å². The van der Waals surface area contributed by atoms with Crippen LogP contribution in [0.1, 0.15) is 26.3 Å². The van der Waals surface area contributed by atoms with Crippen molar-refractivity contribution in [1.82, 2.24) is 0 Å². The molecule has 0 fully saturated rings. The molecule has 0 unspecified atom stereocenters. The summed E-state index contributed by atoms with van der Waals surface area (Å²) >= 11 is 0. The summed E-state index contributed by atoms with van der Waals surface area (Å²) in [5.41, 5.74) is 4.32. The topological polar surface area (TPSA) is 55.4 Å². The van der Waals surface area contributed by atoms with Crippen molar-refractivity contribution in [2.45, 2.75) is 6.92 Å². The minimum absolute atomic E-state index is 0.281. The van der Waals surface area contributed by atoms with Crippen LogP contribution in [0.4, 0.5) is 5.69 Å². The van der Waals surface area contributed by atoms with E-state index in [1.165, 1.54) is 7.11 Å². The summed E-state index contributed by atoms with van der Waals surface area (Å²) < 4.78 is 4.84. The Hall–Kier alpha value is -3.40. The van der Waals surface area contributed by atoms with Gasteiger partial charge >= 0.3 is 5.97 Å². The van der Waals surface area contributed by atoms with Crippen LogP contribution in [0.3, 0.4) is 0 Å². The molecule has 3 aromatic carbocycles. The Kier molecular flexibility index (Phi) is 5.13. The van der Waals surface area contributed by atoms with Gasteiger partial charge in [0, 0.05) is 5.56 Å². The van der Waals surface area contributed by atoms with Crippen molar-refractivity contribution in [3.8, 4) is 11.1 Å². The first-order valence-corrected chi connectivity index (χ1v) is 8.24. The molecule has 3 rings (SSSR count). The van der Waals surface area contributed by atoms with E-state index < -0.39 is 5.97 Å². The van der Waals surface area contributed by atoms with Crippen molar-refractivity contribution in [3.05, 3.63) is 89.5 Å². The largest absolute Gasteiger partial charge is 0.465 e. The van der Waals surface area contributed by atoms with E-state index in [2.05, 4.69) is 5.32 Å². The Morgan fingerprint density at radius 2 is 1.50 bits per heavy atom. The molecule has 0 aliphatic carbocycles. The van der Waals surface area contributed by atoms with Crippen LogP contribution in [0.2, 0.25) is 0 Å². The summed E-state index contributed by atoms with van der Waals surface area (Å²) in [6, 6.07) is 22.2. The predicted molar refractivity (Wildman–Crippen MR) is 102 cm³/mol. The van der Waals surface area contributed by atoms with Crippen molar-refractivity contribution < 1.29 is 14.3 Å². The van der Waals surface area contributed by atoms with E-state index in [9.17, 15) is 9.59 Å². The number of benzene rings is 3. The lowest BCUT2D eigenvalue weighted by Gasteiger charge is -2.12. The van der Waals surface area contributed by atoms with Gasteiger partial charge in [-0.2, -0.15) is 0 Å². The first-order chi connectivity index (χ1) is 12.6. The fourth-order valence-electron chi connectivity index (χ4n) is 2.65. The highest BCUT2D eigenvalue weighted by atomic mass is 16.5. The normalized spacial score (nSPS) is 10.2. The molecular weight excluding hydrogens is 326 g/mol. The number of nitrogens with one attached hydrogen (secondary N) is 1. The second-order valence-electron chi connectivity index (χ2n) is 5.94. The Labute approximate surface area is 152 Å². The molecule has 0 aliphatic rings. The number of anilines is 1. The molecule has 1 amide bonds. The van der Waals surface area contributed by atoms with E-state index in [0.717, 1.165) is 16.7 Å². The lowest BCUT2D eigenvalue weighted by Crippen LogP contribution is -2.15. The quantitative estimate of drug-likeness (QED) is 0.697. The van der Waals surface area contributed by atoms with Gasteiger partial charge in [0.15, 0.2) is 0 Å². The van der Waals surface area contributed by atoms with Crippen LogP contribution in [0.5, 0.6) is 0 Å². The third kappa shape index (κ3) is 3.81. The highest BCUT2D eigenvalue weighted by Crippen LogP contribution is 2.27. The van der Waals surface area contributed by atoms with Crippen molar-refractivity contribution in [2.24, 2.45) is 0 Å². The van der Waals surface area contributed by atoms with Crippen LogP contribution in [0, 0.1) is 6.92 Å². The molecule has 4 heteroatoms. The maximum Gasteiger partial charge on any atom is 0.339 e. The van der Waals surface area contributed by atoms with Crippen molar-refractivity contribution >= 4 is 17.6 Å². The van der Waals surface area contributed by atoms with Gasteiger partial charge in [-0.05, 0) is 42.3 Å². The molecule has 1 N–H and O–H groups in total. The summed E-state index contributed by atoms with van der Waals surface area (Å²) in [5.74, 6) is -0.777. The Balaban J connectivity index is 1.99. The zero-order valence-electron chi connectivity index (χ0n) is 14.7.